The van der Waals surface area contributed by atoms with Crippen LogP contribution in [0.25, 0.3) is 0 Å². The predicted octanol–water partition coefficient (Wildman–Crippen LogP) is 3.51. The van der Waals surface area contributed by atoms with E-state index in [0.717, 1.165) is 17.0 Å². The zero-order valence-electron chi connectivity index (χ0n) is 9.15. The van der Waals surface area contributed by atoms with E-state index in [-0.39, 0.29) is 5.56 Å². The Morgan fingerprint density at radius 1 is 1.00 bits per heavy atom. The summed E-state index contributed by atoms with van der Waals surface area (Å²) in [5, 5.41) is 2.53. The van der Waals surface area contributed by atoms with Gasteiger partial charge in [-0.05, 0) is 36.4 Å². The van der Waals surface area contributed by atoms with Gasteiger partial charge < -0.3 is 5.32 Å². The van der Waals surface area contributed by atoms with Crippen molar-refractivity contribution >= 4 is 24.2 Å². The Labute approximate surface area is 108 Å². The Balaban J connectivity index is 2.19. The van der Waals surface area contributed by atoms with Crippen molar-refractivity contribution in [3.05, 3.63) is 59.7 Å². The van der Waals surface area contributed by atoms with E-state index in [1.807, 2.05) is 0 Å². The Morgan fingerprint density at radius 3 is 2.11 bits per heavy atom. The lowest BCUT2D eigenvalue weighted by atomic mass is 10.2. The number of halogens is 2. The van der Waals surface area contributed by atoms with Gasteiger partial charge in [-0.15, -0.1) is 12.6 Å². The van der Waals surface area contributed by atoms with Gasteiger partial charge in [0.1, 0.15) is 11.6 Å². The van der Waals surface area contributed by atoms with Gasteiger partial charge >= 0.3 is 0 Å². The Kier molecular flexibility index (Phi) is 3.62. The highest BCUT2D eigenvalue weighted by Gasteiger charge is 2.09. The molecule has 0 aliphatic heterocycles. The third-order valence-electron chi connectivity index (χ3n) is 2.25. The van der Waals surface area contributed by atoms with Crippen molar-refractivity contribution in [1.82, 2.24) is 0 Å². The maximum absolute atomic E-state index is 12.9. The molecule has 0 bridgehead atoms. The van der Waals surface area contributed by atoms with Gasteiger partial charge in [-0.1, -0.05) is 0 Å². The summed E-state index contributed by atoms with van der Waals surface area (Å²) in [7, 11) is 0. The second-order valence-electron chi connectivity index (χ2n) is 3.66. The molecule has 1 N–H and O–H groups in total. The first-order chi connectivity index (χ1) is 8.54. The summed E-state index contributed by atoms with van der Waals surface area (Å²) in [6.45, 7) is 0. The molecule has 1 amide bonds. The van der Waals surface area contributed by atoms with Crippen LogP contribution in [0.15, 0.2) is 47.4 Å². The monoisotopic (exact) mass is 265 g/mol. The SMILES string of the molecule is O=C(Nc1ccc(S)cc1)c1cc(F)cc(F)c1. The van der Waals surface area contributed by atoms with Crippen LogP contribution >= 0.6 is 12.6 Å². The highest BCUT2D eigenvalue weighted by atomic mass is 32.1. The van der Waals surface area contributed by atoms with Crippen molar-refractivity contribution in [2.24, 2.45) is 0 Å². The Bertz CT molecular complexity index is 564. The van der Waals surface area contributed by atoms with Crippen molar-refractivity contribution in [2.75, 3.05) is 5.32 Å². The normalized spacial score (nSPS) is 10.2. The molecule has 0 fully saturated rings. The minimum Gasteiger partial charge on any atom is -0.322 e. The van der Waals surface area contributed by atoms with E-state index >= 15 is 0 Å². The number of carbonyl (C=O) groups excluding carboxylic acids is 1. The molecule has 0 spiro atoms. The van der Waals surface area contributed by atoms with Crippen LogP contribution in [-0.4, -0.2) is 5.91 Å². The van der Waals surface area contributed by atoms with E-state index in [1.54, 1.807) is 24.3 Å². The molecule has 2 aromatic carbocycles. The average molecular weight is 265 g/mol. The van der Waals surface area contributed by atoms with E-state index in [9.17, 15) is 13.6 Å². The molecule has 2 aromatic rings. The smallest absolute Gasteiger partial charge is 0.255 e. The largest absolute Gasteiger partial charge is 0.322 e. The van der Waals surface area contributed by atoms with Gasteiger partial charge in [-0.25, -0.2) is 8.78 Å². The lowest BCUT2D eigenvalue weighted by Gasteiger charge is -2.05. The van der Waals surface area contributed by atoms with Crippen molar-refractivity contribution in [1.29, 1.82) is 0 Å². The van der Waals surface area contributed by atoms with Gasteiger partial charge in [0.05, 0.1) is 0 Å². The van der Waals surface area contributed by atoms with Crippen molar-refractivity contribution < 1.29 is 13.6 Å². The number of hydrogen-bond donors (Lipinski definition) is 2. The molecule has 0 heterocycles. The summed E-state index contributed by atoms with van der Waals surface area (Å²) in [4.78, 5) is 12.5. The second kappa shape index (κ2) is 5.18. The van der Waals surface area contributed by atoms with Crippen molar-refractivity contribution in [2.45, 2.75) is 4.90 Å². The maximum Gasteiger partial charge on any atom is 0.255 e. The number of amides is 1. The number of thiol groups is 1. The topological polar surface area (TPSA) is 29.1 Å². The highest BCUT2D eigenvalue weighted by Crippen LogP contribution is 2.14. The predicted molar refractivity (Wildman–Crippen MR) is 68.0 cm³/mol. The van der Waals surface area contributed by atoms with Crippen LogP contribution in [0.5, 0.6) is 0 Å². The van der Waals surface area contributed by atoms with Crippen LogP contribution in [0.4, 0.5) is 14.5 Å². The standard InChI is InChI=1S/C13H9F2NOS/c14-9-5-8(6-10(15)7-9)13(17)16-11-1-3-12(18)4-2-11/h1-7,18H,(H,16,17). The first-order valence-corrected chi connectivity index (χ1v) is 5.56. The summed E-state index contributed by atoms with van der Waals surface area (Å²) >= 11 is 4.11. The molecule has 0 saturated heterocycles. The van der Waals surface area contributed by atoms with E-state index in [0.29, 0.717) is 11.8 Å². The summed E-state index contributed by atoms with van der Waals surface area (Å²) < 4.78 is 25.9. The molecule has 0 unspecified atom stereocenters. The van der Waals surface area contributed by atoms with Gasteiger partial charge in [0.2, 0.25) is 0 Å². The third kappa shape index (κ3) is 3.07. The molecular weight excluding hydrogens is 256 g/mol. The number of anilines is 1. The lowest BCUT2D eigenvalue weighted by molar-refractivity contribution is 0.102. The number of benzene rings is 2. The van der Waals surface area contributed by atoms with Crippen LogP contribution in [0.3, 0.4) is 0 Å². The summed E-state index contributed by atoms with van der Waals surface area (Å²) in [5.41, 5.74) is 0.463. The Hall–Kier alpha value is -1.88. The zero-order chi connectivity index (χ0) is 13.1. The van der Waals surface area contributed by atoms with E-state index < -0.39 is 17.5 Å². The lowest BCUT2D eigenvalue weighted by Crippen LogP contribution is -2.12. The second-order valence-corrected chi connectivity index (χ2v) is 4.18. The molecule has 0 saturated carbocycles. The minimum absolute atomic E-state index is 0.0672. The molecular formula is C13H9F2NOS. The molecule has 0 aliphatic rings. The van der Waals surface area contributed by atoms with E-state index in [4.69, 9.17) is 0 Å². The number of rotatable bonds is 2. The molecule has 2 rings (SSSR count). The van der Waals surface area contributed by atoms with Crippen LogP contribution in [-0.2, 0) is 0 Å². The van der Waals surface area contributed by atoms with Crippen molar-refractivity contribution in [3.63, 3.8) is 0 Å². The van der Waals surface area contributed by atoms with Crippen LogP contribution < -0.4 is 5.32 Å². The van der Waals surface area contributed by atoms with Gasteiger partial charge in [-0.2, -0.15) is 0 Å². The summed E-state index contributed by atoms with van der Waals surface area (Å²) in [6.07, 6.45) is 0. The molecule has 18 heavy (non-hydrogen) atoms. The third-order valence-corrected chi connectivity index (χ3v) is 2.55. The van der Waals surface area contributed by atoms with Crippen LogP contribution in [0.1, 0.15) is 10.4 Å². The first-order valence-electron chi connectivity index (χ1n) is 5.11. The van der Waals surface area contributed by atoms with Gasteiger partial charge in [-0.3, -0.25) is 4.79 Å². The fourth-order valence-corrected chi connectivity index (χ4v) is 1.58. The molecule has 92 valence electrons. The van der Waals surface area contributed by atoms with Crippen LogP contribution in [0, 0.1) is 11.6 Å². The Morgan fingerprint density at radius 2 is 1.56 bits per heavy atom. The fourth-order valence-electron chi connectivity index (χ4n) is 1.43. The summed E-state index contributed by atoms with van der Waals surface area (Å²) in [5.74, 6) is -2.14. The molecule has 0 aliphatic carbocycles. The average Bonchev–Trinajstić information content (AvgIpc) is 2.31. The summed E-state index contributed by atoms with van der Waals surface area (Å²) in [6, 6.07) is 9.37. The minimum atomic E-state index is -0.786. The number of carbonyl (C=O) groups is 1. The fraction of sp³-hybridized carbons (Fsp3) is 0. The van der Waals surface area contributed by atoms with E-state index in [2.05, 4.69) is 17.9 Å². The first kappa shape index (κ1) is 12.6. The maximum atomic E-state index is 12.9. The number of nitrogens with one attached hydrogen (secondary N) is 1. The molecule has 0 radical (unpaired) electrons. The highest BCUT2D eigenvalue weighted by molar-refractivity contribution is 7.80. The quantitative estimate of drug-likeness (QED) is 0.799. The molecule has 0 aromatic heterocycles. The van der Waals surface area contributed by atoms with Gasteiger partial charge in [0, 0.05) is 22.2 Å². The molecule has 2 nitrogen and oxygen atoms in total. The zero-order valence-corrected chi connectivity index (χ0v) is 10.0. The van der Waals surface area contributed by atoms with Gasteiger partial charge in [0.25, 0.3) is 5.91 Å². The van der Waals surface area contributed by atoms with Gasteiger partial charge in [0.15, 0.2) is 0 Å². The molecule has 0 atom stereocenters. The van der Waals surface area contributed by atoms with Crippen molar-refractivity contribution in [3.8, 4) is 0 Å². The molecule has 5 heteroatoms. The van der Waals surface area contributed by atoms with Crippen LogP contribution in [0.2, 0.25) is 0 Å². The number of hydrogen-bond acceptors (Lipinski definition) is 2. The van der Waals surface area contributed by atoms with E-state index in [1.165, 1.54) is 0 Å².